The van der Waals surface area contributed by atoms with Crippen LogP contribution in [0.4, 0.5) is 0 Å². The maximum absolute atomic E-state index is 11.5. The SMILES string of the molecule is C=C(CNC(C)C)Cn1nc(OC)ccc1=O. The van der Waals surface area contributed by atoms with Gasteiger partial charge in [-0.05, 0) is 5.57 Å². The predicted octanol–water partition coefficient (Wildman–Crippen LogP) is 0.806. The van der Waals surface area contributed by atoms with E-state index in [1.165, 1.54) is 17.9 Å². The van der Waals surface area contributed by atoms with Crippen LogP contribution in [0.1, 0.15) is 13.8 Å². The summed E-state index contributed by atoms with van der Waals surface area (Å²) in [6.45, 7) is 9.10. The van der Waals surface area contributed by atoms with Gasteiger partial charge < -0.3 is 10.1 Å². The molecule has 1 aromatic rings. The number of hydrogen-bond donors (Lipinski definition) is 1. The lowest BCUT2D eigenvalue weighted by Gasteiger charge is -2.11. The van der Waals surface area contributed by atoms with Crippen molar-refractivity contribution in [2.24, 2.45) is 0 Å². The highest BCUT2D eigenvalue weighted by Gasteiger charge is 2.03. The van der Waals surface area contributed by atoms with E-state index >= 15 is 0 Å². The highest BCUT2D eigenvalue weighted by atomic mass is 16.5. The van der Waals surface area contributed by atoms with Crippen LogP contribution in [0.25, 0.3) is 0 Å². The molecule has 0 spiro atoms. The Balaban J connectivity index is 2.67. The van der Waals surface area contributed by atoms with E-state index < -0.39 is 0 Å². The number of methoxy groups -OCH3 is 1. The molecule has 0 unspecified atom stereocenters. The van der Waals surface area contributed by atoms with Crippen molar-refractivity contribution in [2.75, 3.05) is 13.7 Å². The maximum Gasteiger partial charge on any atom is 0.267 e. The number of hydrogen-bond acceptors (Lipinski definition) is 4. The zero-order chi connectivity index (χ0) is 12.8. The third kappa shape index (κ3) is 4.40. The number of ether oxygens (including phenoxy) is 1. The first-order valence-electron chi connectivity index (χ1n) is 5.55. The Morgan fingerprint density at radius 2 is 2.29 bits per heavy atom. The van der Waals surface area contributed by atoms with Crippen LogP contribution in [0.5, 0.6) is 5.88 Å². The minimum Gasteiger partial charge on any atom is -0.480 e. The Morgan fingerprint density at radius 1 is 1.59 bits per heavy atom. The summed E-state index contributed by atoms with van der Waals surface area (Å²) < 4.78 is 6.32. The Bertz CT molecular complexity index is 438. The van der Waals surface area contributed by atoms with Gasteiger partial charge in [0.1, 0.15) is 0 Å². The van der Waals surface area contributed by atoms with E-state index in [0.717, 1.165) is 5.57 Å². The van der Waals surface area contributed by atoms with Crippen LogP contribution in [0, 0.1) is 0 Å². The van der Waals surface area contributed by atoms with Crippen molar-refractivity contribution >= 4 is 0 Å². The highest BCUT2D eigenvalue weighted by molar-refractivity contribution is 5.07. The lowest BCUT2D eigenvalue weighted by molar-refractivity contribution is 0.378. The average Bonchev–Trinajstić information content (AvgIpc) is 2.29. The van der Waals surface area contributed by atoms with Crippen LogP contribution in [0.2, 0.25) is 0 Å². The smallest absolute Gasteiger partial charge is 0.267 e. The van der Waals surface area contributed by atoms with Gasteiger partial charge in [-0.2, -0.15) is 0 Å². The molecule has 0 atom stereocenters. The van der Waals surface area contributed by atoms with E-state index in [2.05, 4.69) is 30.8 Å². The van der Waals surface area contributed by atoms with Gasteiger partial charge in [0.2, 0.25) is 5.88 Å². The second kappa shape index (κ2) is 6.20. The highest BCUT2D eigenvalue weighted by Crippen LogP contribution is 2.01. The molecule has 0 aliphatic rings. The van der Waals surface area contributed by atoms with Gasteiger partial charge in [0.15, 0.2) is 0 Å². The second-order valence-electron chi connectivity index (χ2n) is 4.16. The first-order valence-corrected chi connectivity index (χ1v) is 5.55. The fourth-order valence-electron chi connectivity index (χ4n) is 1.27. The molecule has 5 nitrogen and oxygen atoms in total. The summed E-state index contributed by atoms with van der Waals surface area (Å²) in [4.78, 5) is 11.5. The Morgan fingerprint density at radius 3 is 2.88 bits per heavy atom. The van der Waals surface area contributed by atoms with Gasteiger partial charge in [-0.3, -0.25) is 4.79 Å². The molecule has 1 rings (SSSR count). The molecule has 0 aromatic carbocycles. The van der Waals surface area contributed by atoms with Gasteiger partial charge in [-0.1, -0.05) is 20.4 Å². The molecule has 94 valence electrons. The van der Waals surface area contributed by atoms with Crippen molar-refractivity contribution in [1.29, 1.82) is 0 Å². The van der Waals surface area contributed by atoms with E-state index in [1.807, 2.05) is 0 Å². The van der Waals surface area contributed by atoms with Crippen LogP contribution < -0.4 is 15.6 Å². The quantitative estimate of drug-likeness (QED) is 0.744. The minimum atomic E-state index is -0.156. The zero-order valence-electron chi connectivity index (χ0n) is 10.6. The van der Waals surface area contributed by atoms with Gasteiger partial charge in [-0.15, -0.1) is 5.10 Å². The van der Waals surface area contributed by atoms with Crippen molar-refractivity contribution in [3.05, 3.63) is 34.6 Å². The summed E-state index contributed by atoms with van der Waals surface area (Å²) in [6.07, 6.45) is 0. The molecule has 1 N–H and O–H groups in total. The number of nitrogens with one attached hydrogen (secondary N) is 1. The third-order valence-electron chi connectivity index (χ3n) is 2.18. The lowest BCUT2D eigenvalue weighted by atomic mass is 10.3. The molecule has 0 radical (unpaired) electrons. The predicted molar refractivity (Wildman–Crippen MR) is 67.3 cm³/mol. The summed E-state index contributed by atoms with van der Waals surface area (Å²) in [5, 5.41) is 7.29. The topological polar surface area (TPSA) is 56.1 Å². The molecule has 0 aliphatic carbocycles. The van der Waals surface area contributed by atoms with Gasteiger partial charge >= 0.3 is 0 Å². The molecule has 5 heteroatoms. The van der Waals surface area contributed by atoms with Crippen molar-refractivity contribution in [1.82, 2.24) is 15.1 Å². The molecule has 1 heterocycles. The van der Waals surface area contributed by atoms with Crippen molar-refractivity contribution in [2.45, 2.75) is 26.4 Å². The van der Waals surface area contributed by atoms with Gasteiger partial charge in [0.05, 0.1) is 13.7 Å². The van der Waals surface area contributed by atoms with Crippen LogP contribution in [0.3, 0.4) is 0 Å². The normalized spacial score (nSPS) is 10.6. The van der Waals surface area contributed by atoms with Crippen molar-refractivity contribution < 1.29 is 4.74 Å². The van der Waals surface area contributed by atoms with E-state index in [-0.39, 0.29) is 5.56 Å². The molecule has 17 heavy (non-hydrogen) atoms. The van der Waals surface area contributed by atoms with Gasteiger partial charge in [0.25, 0.3) is 5.56 Å². The largest absolute Gasteiger partial charge is 0.480 e. The van der Waals surface area contributed by atoms with Gasteiger partial charge in [-0.25, -0.2) is 4.68 Å². The molecule has 0 fully saturated rings. The summed E-state index contributed by atoms with van der Waals surface area (Å²) in [5.74, 6) is 0.425. The molecule has 0 amide bonds. The van der Waals surface area contributed by atoms with E-state index in [4.69, 9.17) is 4.74 Å². The molecule has 0 bridgehead atoms. The van der Waals surface area contributed by atoms with Crippen LogP contribution >= 0.6 is 0 Å². The second-order valence-corrected chi connectivity index (χ2v) is 4.16. The fraction of sp³-hybridized carbons (Fsp3) is 0.500. The summed E-state index contributed by atoms with van der Waals surface area (Å²) >= 11 is 0. The Hall–Kier alpha value is -1.62. The van der Waals surface area contributed by atoms with Crippen molar-refractivity contribution in [3.63, 3.8) is 0 Å². The van der Waals surface area contributed by atoms with Crippen LogP contribution in [0.15, 0.2) is 29.1 Å². The summed E-state index contributed by atoms with van der Waals surface area (Å²) in [6, 6.07) is 3.38. The number of nitrogens with zero attached hydrogens (tertiary/aromatic N) is 2. The first-order chi connectivity index (χ1) is 8.02. The van der Waals surface area contributed by atoms with Gasteiger partial charge in [0, 0.05) is 24.7 Å². The Labute approximate surface area is 101 Å². The number of aromatic nitrogens is 2. The van der Waals surface area contributed by atoms with Crippen molar-refractivity contribution in [3.8, 4) is 5.88 Å². The van der Waals surface area contributed by atoms with E-state index in [9.17, 15) is 4.79 Å². The third-order valence-corrected chi connectivity index (χ3v) is 2.18. The molecule has 1 aromatic heterocycles. The minimum absolute atomic E-state index is 0.156. The molecule has 0 aliphatic heterocycles. The fourth-order valence-corrected chi connectivity index (χ4v) is 1.27. The standard InChI is InChI=1S/C12H19N3O2/c1-9(2)13-7-10(3)8-15-12(16)6-5-11(14-15)17-4/h5-6,9,13H,3,7-8H2,1-2,4H3. The number of rotatable bonds is 6. The zero-order valence-corrected chi connectivity index (χ0v) is 10.6. The van der Waals surface area contributed by atoms with E-state index in [0.29, 0.717) is 25.0 Å². The average molecular weight is 237 g/mol. The monoisotopic (exact) mass is 237 g/mol. The summed E-state index contributed by atoms with van der Waals surface area (Å²) in [5.41, 5.74) is 0.748. The maximum atomic E-state index is 11.5. The van der Waals surface area contributed by atoms with Crippen LogP contribution in [-0.2, 0) is 6.54 Å². The lowest BCUT2D eigenvalue weighted by Crippen LogP contribution is -2.29. The molecular weight excluding hydrogens is 218 g/mol. The molecule has 0 saturated heterocycles. The van der Waals surface area contributed by atoms with Crippen LogP contribution in [-0.4, -0.2) is 29.5 Å². The van der Waals surface area contributed by atoms with E-state index in [1.54, 1.807) is 6.07 Å². The first kappa shape index (κ1) is 13.4. The Kier molecular flexibility index (Phi) is 4.90. The summed E-state index contributed by atoms with van der Waals surface area (Å²) in [7, 11) is 1.52. The molecular formula is C12H19N3O2. The molecule has 0 saturated carbocycles.